The number of carbonyl (C=O) groups is 1. The van der Waals surface area contributed by atoms with Gasteiger partial charge in [0, 0.05) is 12.5 Å². The second-order valence-electron chi connectivity index (χ2n) is 5.76. The van der Waals surface area contributed by atoms with Crippen molar-refractivity contribution in [1.29, 1.82) is 0 Å². The van der Waals surface area contributed by atoms with Gasteiger partial charge < -0.3 is 4.74 Å². The van der Waals surface area contributed by atoms with Gasteiger partial charge >= 0.3 is 0 Å². The first-order valence-corrected chi connectivity index (χ1v) is 6.58. The molecule has 0 N–H and O–H groups in total. The number of unbranched alkanes of at least 4 members (excludes halogenated alkanes) is 3. The smallest absolute Gasteiger partial charge is 0.224 e. The number of carbonyl (C=O) groups excluding carboxylic acids is 1. The van der Waals surface area contributed by atoms with E-state index in [9.17, 15) is 4.79 Å². The van der Waals surface area contributed by atoms with E-state index < -0.39 is 0 Å². The van der Waals surface area contributed by atoms with Gasteiger partial charge in [-0.25, -0.2) is 0 Å². The average Bonchev–Trinajstić information content (AvgIpc) is 2.52. The maximum absolute atomic E-state index is 11.7. The molecule has 0 amide bonds. The first-order chi connectivity index (χ1) is 7.92. The van der Waals surface area contributed by atoms with Crippen LogP contribution in [0, 0.1) is 5.41 Å². The van der Waals surface area contributed by atoms with Crippen LogP contribution in [0.5, 0.6) is 0 Å². The summed E-state index contributed by atoms with van der Waals surface area (Å²) in [5.41, 5.74) is -0.0174. The van der Waals surface area contributed by atoms with Crippen LogP contribution in [0.1, 0.15) is 59.8 Å². The Morgan fingerprint density at radius 3 is 2.53 bits per heavy atom. The van der Waals surface area contributed by atoms with Gasteiger partial charge in [-0.1, -0.05) is 47.0 Å². The van der Waals surface area contributed by atoms with Crippen molar-refractivity contribution in [2.24, 2.45) is 5.41 Å². The van der Waals surface area contributed by atoms with Gasteiger partial charge in [-0.2, -0.15) is 0 Å². The number of hydrogen-bond acceptors (Lipinski definition) is 2. The van der Waals surface area contributed by atoms with Crippen molar-refractivity contribution in [3.05, 3.63) is 23.7 Å². The Morgan fingerprint density at radius 2 is 1.94 bits per heavy atom. The van der Waals surface area contributed by atoms with Crippen molar-refractivity contribution >= 4 is 5.78 Å². The molecule has 2 nitrogen and oxygen atoms in total. The highest BCUT2D eigenvalue weighted by atomic mass is 16.5. The molecule has 0 fully saturated rings. The normalized spacial score (nSPS) is 18.5. The van der Waals surface area contributed by atoms with Crippen molar-refractivity contribution in [3.63, 3.8) is 0 Å². The molecule has 0 atom stereocenters. The molecule has 1 heterocycles. The van der Waals surface area contributed by atoms with Gasteiger partial charge in [0.25, 0.3) is 0 Å². The second-order valence-corrected chi connectivity index (χ2v) is 5.76. The monoisotopic (exact) mass is 236 g/mol. The maximum atomic E-state index is 11.7. The van der Waals surface area contributed by atoms with Crippen LogP contribution in [0.3, 0.4) is 0 Å². The molecular formula is C15H24O2. The standard InChI is InChI=1S/C15H24O2/c1-5-6-7-8-9-12-10-13(16)14(17-12)11-15(2,3)4/h10-11H,5-9H2,1-4H3/b14-11+. The van der Waals surface area contributed by atoms with Crippen LogP contribution >= 0.6 is 0 Å². The molecule has 1 aliphatic rings. The molecule has 0 saturated heterocycles. The van der Waals surface area contributed by atoms with Gasteiger partial charge in [0.15, 0.2) is 5.76 Å². The molecule has 0 aromatic rings. The molecule has 1 rings (SSSR count). The van der Waals surface area contributed by atoms with Crippen LogP contribution < -0.4 is 0 Å². The third kappa shape index (κ3) is 5.20. The van der Waals surface area contributed by atoms with Crippen LogP contribution in [0.4, 0.5) is 0 Å². The summed E-state index contributed by atoms with van der Waals surface area (Å²) in [6, 6.07) is 0. The van der Waals surface area contributed by atoms with Crippen LogP contribution in [0.25, 0.3) is 0 Å². The van der Waals surface area contributed by atoms with E-state index in [0.717, 1.165) is 18.6 Å². The lowest BCUT2D eigenvalue weighted by Crippen LogP contribution is -2.05. The van der Waals surface area contributed by atoms with Crippen molar-refractivity contribution in [3.8, 4) is 0 Å². The lowest BCUT2D eigenvalue weighted by atomic mass is 9.95. The molecule has 0 spiro atoms. The largest absolute Gasteiger partial charge is 0.458 e. The lowest BCUT2D eigenvalue weighted by molar-refractivity contribution is -0.112. The summed E-state index contributed by atoms with van der Waals surface area (Å²) < 4.78 is 5.60. The lowest BCUT2D eigenvalue weighted by Gasteiger charge is -2.13. The fourth-order valence-corrected chi connectivity index (χ4v) is 1.78. The summed E-state index contributed by atoms with van der Waals surface area (Å²) in [5, 5.41) is 0. The molecule has 0 radical (unpaired) electrons. The molecule has 0 aromatic carbocycles. The van der Waals surface area contributed by atoms with E-state index >= 15 is 0 Å². The van der Waals surface area contributed by atoms with Gasteiger partial charge in [-0.3, -0.25) is 4.79 Å². The van der Waals surface area contributed by atoms with Crippen LogP contribution in [-0.2, 0) is 9.53 Å². The minimum atomic E-state index is -0.0174. The number of ether oxygens (including phenoxy) is 1. The van der Waals surface area contributed by atoms with Crippen LogP contribution in [0.2, 0.25) is 0 Å². The van der Waals surface area contributed by atoms with Crippen molar-refractivity contribution in [2.75, 3.05) is 0 Å². The predicted molar refractivity (Wildman–Crippen MR) is 70.5 cm³/mol. The predicted octanol–water partition coefficient (Wildman–Crippen LogP) is 4.37. The topological polar surface area (TPSA) is 26.3 Å². The number of allylic oxidation sites excluding steroid dienone is 3. The summed E-state index contributed by atoms with van der Waals surface area (Å²) >= 11 is 0. The summed E-state index contributed by atoms with van der Waals surface area (Å²) in [5.74, 6) is 1.36. The zero-order valence-electron chi connectivity index (χ0n) is 11.5. The Morgan fingerprint density at radius 1 is 1.24 bits per heavy atom. The molecule has 0 aromatic heterocycles. The minimum Gasteiger partial charge on any atom is -0.458 e. The van der Waals surface area contributed by atoms with Gasteiger partial charge in [-0.05, 0) is 17.9 Å². The quantitative estimate of drug-likeness (QED) is 0.523. The van der Waals surface area contributed by atoms with E-state index in [0.29, 0.717) is 5.76 Å². The SMILES string of the molecule is CCCCCCC1=CC(=O)/C(=C\C(C)(C)C)O1. The van der Waals surface area contributed by atoms with E-state index in [1.54, 1.807) is 6.08 Å². The highest BCUT2D eigenvalue weighted by Crippen LogP contribution is 2.26. The van der Waals surface area contributed by atoms with E-state index in [2.05, 4.69) is 27.7 Å². The highest BCUT2D eigenvalue weighted by molar-refractivity contribution is 6.04. The Hall–Kier alpha value is -1.05. The van der Waals surface area contributed by atoms with E-state index in [1.807, 2.05) is 6.08 Å². The molecule has 2 heteroatoms. The molecule has 96 valence electrons. The third-order valence-corrected chi connectivity index (χ3v) is 2.62. The number of ketones is 1. The maximum Gasteiger partial charge on any atom is 0.224 e. The average molecular weight is 236 g/mol. The highest BCUT2D eigenvalue weighted by Gasteiger charge is 2.22. The van der Waals surface area contributed by atoms with Gasteiger partial charge in [0.05, 0.1) is 0 Å². The molecule has 17 heavy (non-hydrogen) atoms. The molecular weight excluding hydrogens is 212 g/mol. The summed E-state index contributed by atoms with van der Waals surface area (Å²) in [7, 11) is 0. The Balaban J connectivity index is 2.45. The Labute approximate surface area is 105 Å². The molecule has 0 unspecified atom stereocenters. The second kappa shape index (κ2) is 6.04. The van der Waals surface area contributed by atoms with Crippen LogP contribution in [0.15, 0.2) is 23.7 Å². The zero-order valence-corrected chi connectivity index (χ0v) is 11.5. The van der Waals surface area contributed by atoms with Gasteiger partial charge in [-0.15, -0.1) is 0 Å². The zero-order chi connectivity index (χ0) is 12.9. The van der Waals surface area contributed by atoms with Gasteiger partial charge in [0.1, 0.15) is 5.76 Å². The van der Waals surface area contributed by atoms with Crippen molar-refractivity contribution in [1.82, 2.24) is 0 Å². The van der Waals surface area contributed by atoms with E-state index in [4.69, 9.17) is 4.74 Å². The Bertz CT molecular complexity index is 329. The third-order valence-electron chi connectivity index (χ3n) is 2.62. The fraction of sp³-hybridized carbons (Fsp3) is 0.667. The van der Waals surface area contributed by atoms with Crippen molar-refractivity contribution in [2.45, 2.75) is 59.8 Å². The molecule has 0 bridgehead atoms. The Kier molecular flexibility index (Phi) is 4.98. The number of rotatable bonds is 5. The molecule has 1 aliphatic heterocycles. The number of hydrogen-bond donors (Lipinski definition) is 0. The summed E-state index contributed by atoms with van der Waals surface area (Å²) in [6.07, 6.45) is 9.24. The summed E-state index contributed by atoms with van der Waals surface area (Å²) in [4.78, 5) is 11.7. The summed E-state index contributed by atoms with van der Waals surface area (Å²) in [6.45, 7) is 8.39. The minimum absolute atomic E-state index is 0.0174. The van der Waals surface area contributed by atoms with Crippen LogP contribution in [-0.4, -0.2) is 5.78 Å². The molecule has 0 aliphatic carbocycles. The van der Waals surface area contributed by atoms with E-state index in [1.165, 1.54) is 19.3 Å². The van der Waals surface area contributed by atoms with Crippen molar-refractivity contribution < 1.29 is 9.53 Å². The molecule has 0 saturated carbocycles. The van der Waals surface area contributed by atoms with E-state index in [-0.39, 0.29) is 11.2 Å². The fourth-order valence-electron chi connectivity index (χ4n) is 1.78. The first kappa shape index (κ1) is 14.0. The first-order valence-electron chi connectivity index (χ1n) is 6.58. The van der Waals surface area contributed by atoms with Gasteiger partial charge in [0.2, 0.25) is 5.78 Å².